The molecule has 2 aliphatic rings. The number of thioether (sulfide) groups is 1. The fraction of sp³-hybridized carbons (Fsp3) is 0.421. The molecule has 1 aromatic carbocycles. The van der Waals surface area contributed by atoms with Crippen molar-refractivity contribution in [2.75, 3.05) is 39.8 Å². The van der Waals surface area contributed by atoms with Gasteiger partial charge in [-0.2, -0.15) is 0 Å². The first-order chi connectivity index (χ1) is 12.4. The van der Waals surface area contributed by atoms with Crippen molar-refractivity contribution in [3.63, 3.8) is 0 Å². The second-order valence-corrected chi connectivity index (χ2v) is 7.67. The molecule has 1 aromatic rings. The number of benzene rings is 1. The minimum Gasteiger partial charge on any atom is -0.340 e. The maximum Gasteiger partial charge on any atom is 0.293 e. The zero-order valence-electron chi connectivity index (χ0n) is 15.1. The third-order valence-corrected chi connectivity index (χ3v) is 5.56. The van der Waals surface area contributed by atoms with Crippen molar-refractivity contribution >= 4 is 34.9 Å². The van der Waals surface area contributed by atoms with E-state index in [9.17, 15) is 14.4 Å². The molecule has 7 heteroatoms. The maximum atomic E-state index is 12.5. The van der Waals surface area contributed by atoms with E-state index in [1.807, 2.05) is 38.2 Å². The van der Waals surface area contributed by atoms with Gasteiger partial charge in [-0.1, -0.05) is 29.8 Å². The Morgan fingerprint density at radius 2 is 1.77 bits per heavy atom. The van der Waals surface area contributed by atoms with Crippen LogP contribution in [0.4, 0.5) is 4.79 Å². The van der Waals surface area contributed by atoms with Crippen LogP contribution in [0.15, 0.2) is 29.2 Å². The van der Waals surface area contributed by atoms with E-state index >= 15 is 0 Å². The lowest BCUT2D eigenvalue weighted by Crippen LogP contribution is -2.47. The fourth-order valence-electron chi connectivity index (χ4n) is 2.93. The molecule has 0 radical (unpaired) electrons. The molecule has 0 N–H and O–H groups in total. The highest BCUT2D eigenvalue weighted by molar-refractivity contribution is 8.18. The van der Waals surface area contributed by atoms with Gasteiger partial charge in [-0.05, 0) is 37.4 Å². The largest absolute Gasteiger partial charge is 0.340 e. The number of rotatable bonds is 4. The Morgan fingerprint density at radius 1 is 1.12 bits per heavy atom. The van der Waals surface area contributed by atoms with Crippen molar-refractivity contribution in [2.45, 2.75) is 13.3 Å². The standard InChI is InChI=1S/C19H23N3O3S/c1-14-3-5-15(6-4-14)13-16-18(24)22(19(25)26-16)8-7-17(23)21-11-9-20(2)10-12-21/h3-6,13H,7-12H2,1-2H3/b16-13+. The van der Waals surface area contributed by atoms with Gasteiger partial charge >= 0.3 is 0 Å². The van der Waals surface area contributed by atoms with Gasteiger partial charge in [0.1, 0.15) is 0 Å². The highest BCUT2D eigenvalue weighted by atomic mass is 32.2. The number of hydrogen-bond donors (Lipinski definition) is 0. The van der Waals surface area contributed by atoms with Crippen LogP contribution in [0.25, 0.3) is 6.08 Å². The van der Waals surface area contributed by atoms with Gasteiger partial charge in [-0.3, -0.25) is 19.3 Å². The van der Waals surface area contributed by atoms with Gasteiger partial charge in [0.25, 0.3) is 11.1 Å². The van der Waals surface area contributed by atoms with Crippen molar-refractivity contribution in [3.8, 4) is 0 Å². The average molecular weight is 373 g/mol. The summed E-state index contributed by atoms with van der Waals surface area (Å²) in [6.45, 7) is 5.24. The molecule has 0 atom stereocenters. The molecule has 0 bridgehead atoms. The first-order valence-electron chi connectivity index (χ1n) is 8.72. The molecule has 0 saturated carbocycles. The molecule has 26 heavy (non-hydrogen) atoms. The van der Waals surface area contributed by atoms with E-state index in [1.54, 1.807) is 11.0 Å². The molecule has 3 rings (SSSR count). The van der Waals surface area contributed by atoms with Crippen LogP contribution in [0.3, 0.4) is 0 Å². The van der Waals surface area contributed by atoms with E-state index in [-0.39, 0.29) is 30.0 Å². The minimum absolute atomic E-state index is 0.000311. The van der Waals surface area contributed by atoms with Crippen molar-refractivity contribution in [1.29, 1.82) is 0 Å². The van der Waals surface area contributed by atoms with E-state index < -0.39 is 0 Å². The van der Waals surface area contributed by atoms with E-state index in [2.05, 4.69) is 4.90 Å². The number of piperazine rings is 1. The lowest BCUT2D eigenvalue weighted by atomic mass is 10.1. The normalized spacial score (nSPS) is 20.3. The predicted octanol–water partition coefficient (Wildman–Crippen LogP) is 2.20. The Labute approximate surface area is 157 Å². The molecule has 2 saturated heterocycles. The Bertz CT molecular complexity index is 737. The summed E-state index contributed by atoms with van der Waals surface area (Å²) in [6.07, 6.45) is 1.91. The van der Waals surface area contributed by atoms with Crippen LogP contribution in [-0.2, 0) is 9.59 Å². The van der Waals surface area contributed by atoms with E-state index in [0.29, 0.717) is 18.0 Å². The quantitative estimate of drug-likeness (QED) is 0.757. The van der Waals surface area contributed by atoms with Gasteiger partial charge in [-0.25, -0.2) is 0 Å². The summed E-state index contributed by atoms with van der Waals surface area (Å²) in [5.74, 6) is -0.314. The smallest absolute Gasteiger partial charge is 0.293 e. The zero-order valence-corrected chi connectivity index (χ0v) is 15.9. The molecule has 138 valence electrons. The number of amides is 3. The lowest BCUT2D eigenvalue weighted by Gasteiger charge is -2.32. The highest BCUT2D eigenvalue weighted by Crippen LogP contribution is 2.32. The second-order valence-electron chi connectivity index (χ2n) is 6.68. The van der Waals surface area contributed by atoms with Gasteiger partial charge in [0.2, 0.25) is 5.91 Å². The fourth-order valence-corrected chi connectivity index (χ4v) is 3.79. The van der Waals surface area contributed by atoms with E-state index in [4.69, 9.17) is 0 Å². The van der Waals surface area contributed by atoms with Crippen LogP contribution in [-0.4, -0.2) is 71.5 Å². The summed E-state index contributed by atoms with van der Waals surface area (Å²) in [4.78, 5) is 42.6. The van der Waals surface area contributed by atoms with Gasteiger partial charge in [0, 0.05) is 39.1 Å². The van der Waals surface area contributed by atoms with Gasteiger partial charge in [0.05, 0.1) is 4.91 Å². The summed E-state index contributed by atoms with van der Waals surface area (Å²) in [7, 11) is 2.03. The molecule has 0 aromatic heterocycles. The van der Waals surface area contributed by atoms with Gasteiger partial charge in [-0.15, -0.1) is 0 Å². The number of carbonyl (C=O) groups is 3. The predicted molar refractivity (Wildman–Crippen MR) is 103 cm³/mol. The number of likely N-dealkylation sites (N-methyl/N-ethyl adjacent to an activating group) is 1. The van der Waals surface area contributed by atoms with Crippen molar-refractivity contribution < 1.29 is 14.4 Å². The summed E-state index contributed by atoms with van der Waals surface area (Å²) < 4.78 is 0. The van der Waals surface area contributed by atoms with Gasteiger partial charge < -0.3 is 9.80 Å². The van der Waals surface area contributed by atoms with Crippen molar-refractivity contribution in [1.82, 2.24) is 14.7 Å². The lowest BCUT2D eigenvalue weighted by molar-refractivity contribution is -0.133. The first-order valence-corrected chi connectivity index (χ1v) is 9.54. The number of aryl methyl sites for hydroxylation is 1. The van der Waals surface area contributed by atoms with Crippen LogP contribution < -0.4 is 0 Å². The number of imide groups is 1. The topological polar surface area (TPSA) is 60.9 Å². The number of carbonyl (C=O) groups excluding carboxylic acids is 3. The summed E-state index contributed by atoms with van der Waals surface area (Å²) in [5.41, 5.74) is 2.02. The third-order valence-electron chi connectivity index (χ3n) is 4.65. The van der Waals surface area contributed by atoms with Crippen LogP contribution in [0, 0.1) is 6.92 Å². The molecule has 3 amide bonds. The highest BCUT2D eigenvalue weighted by Gasteiger charge is 2.35. The Kier molecular flexibility index (Phi) is 5.78. The molecule has 0 spiro atoms. The van der Waals surface area contributed by atoms with Crippen molar-refractivity contribution in [3.05, 3.63) is 40.3 Å². The minimum atomic E-state index is -0.313. The Morgan fingerprint density at radius 3 is 2.42 bits per heavy atom. The molecular weight excluding hydrogens is 350 g/mol. The molecule has 2 fully saturated rings. The van der Waals surface area contributed by atoms with Crippen LogP contribution >= 0.6 is 11.8 Å². The molecule has 0 aliphatic carbocycles. The molecule has 0 unspecified atom stereocenters. The first kappa shape index (κ1) is 18.7. The molecule has 6 nitrogen and oxygen atoms in total. The molecular formula is C19H23N3O3S. The Balaban J connectivity index is 1.59. The zero-order chi connectivity index (χ0) is 18.7. The SMILES string of the molecule is Cc1ccc(/C=C2/SC(=O)N(CCC(=O)N3CCN(C)CC3)C2=O)cc1. The molecule has 2 heterocycles. The Hall–Kier alpha value is -2.12. The van der Waals surface area contributed by atoms with Gasteiger partial charge in [0.15, 0.2) is 0 Å². The average Bonchev–Trinajstić information content (AvgIpc) is 2.89. The second kappa shape index (κ2) is 8.05. The van der Waals surface area contributed by atoms with Crippen LogP contribution in [0.2, 0.25) is 0 Å². The third kappa shape index (κ3) is 4.34. The monoisotopic (exact) mass is 373 g/mol. The molecule has 2 aliphatic heterocycles. The van der Waals surface area contributed by atoms with E-state index in [0.717, 1.165) is 36.0 Å². The van der Waals surface area contributed by atoms with Crippen LogP contribution in [0.1, 0.15) is 17.5 Å². The summed E-state index contributed by atoms with van der Waals surface area (Å²) in [6, 6.07) is 7.76. The number of hydrogen-bond acceptors (Lipinski definition) is 5. The van der Waals surface area contributed by atoms with E-state index in [1.165, 1.54) is 4.90 Å². The van der Waals surface area contributed by atoms with Crippen molar-refractivity contribution in [2.24, 2.45) is 0 Å². The summed E-state index contributed by atoms with van der Waals surface area (Å²) >= 11 is 0.935. The van der Waals surface area contributed by atoms with Crippen LogP contribution in [0.5, 0.6) is 0 Å². The maximum absolute atomic E-state index is 12.5. The number of nitrogens with zero attached hydrogens (tertiary/aromatic N) is 3. The summed E-state index contributed by atoms with van der Waals surface area (Å²) in [5, 5.41) is -0.306.